The molecule has 1 aliphatic rings. The van der Waals surface area contributed by atoms with Crippen LogP contribution in [0.4, 0.5) is 0 Å². The van der Waals surface area contributed by atoms with Gasteiger partial charge in [-0.15, -0.1) is 0 Å². The minimum atomic E-state index is 0.554. The van der Waals surface area contributed by atoms with Crippen LogP contribution in [0, 0.1) is 17.3 Å². The highest BCUT2D eigenvalue weighted by Gasteiger charge is 2.31. The van der Waals surface area contributed by atoms with Crippen LogP contribution in [0.3, 0.4) is 0 Å². The highest BCUT2D eigenvalue weighted by molar-refractivity contribution is 4.82. The SMILES string of the molecule is CC1CC1CCCC(C)(C)C. The Morgan fingerprint density at radius 2 is 1.82 bits per heavy atom. The molecule has 1 rings (SSSR count). The number of hydrogen-bond donors (Lipinski definition) is 0. The zero-order chi connectivity index (χ0) is 8.48. The summed E-state index contributed by atoms with van der Waals surface area (Å²) in [6, 6.07) is 0. The highest BCUT2D eigenvalue weighted by Crippen LogP contribution is 2.42. The van der Waals surface area contributed by atoms with Crippen LogP contribution in [0.15, 0.2) is 0 Å². The lowest BCUT2D eigenvalue weighted by molar-refractivity contribution is 0.354. The smallest absolute Gasteiger partial charge is 0.0383 e. The molecule has 2 atom stereocenters. The molecule has 1 fully saturated rings. The zero-order valence-corrected chi connectivity index (χ0v) is 8.48. The lowest BCUT2D eigenvalue weighted by Crippen LogP contribution is -2.04. The Morgan fingerprint density at radius 3 is 2.18 bits per heavy atom. The summed E-state index contributed by atoms with van der Waals surface area (Å²) in [5.41, 5.74) is 0.554. The monoisotopic (exact) mass is 154 g/mol. The second kappa shape index (κ2) is 3.16. The third-order valence-electron chi connectivity index (χ3n) is 2.78. The van der Waals surface area contributed by atoms with Crippen LogP contribution >= 0.6 is 0 Å². The van der Waals surface area contributed by atoms with Gasteiger partial charge in [0, 0.05) is 0 Å². The van der Waals surface area contributed by atoms with Crippen molar-refractivity contribution in [3.8, 4) is 0 Å². The Hall–Kier alpha value is 0. The van der Waals surface area contributed by atoms with Crippen molar-refractivity contribution in [2.24, 2.45) is 17.3 Å². The molecule has 0 bridgehead atoms. The van der Waals surface area contributed by atoms with Gasteiger partial charge < -0.3 is 0 Å². The molecule has 0 aliphatic heterocycles. The average Bonchev–Trinajstić information content (AvgIpc) is 2.43. The molecule has 0 spiro atoms. The Bertz CT molecular complexity index is 118. The standard InChI is InChI=1S/C11H22/c1-9-8-10(9)6-5-7-11(2,3)4/h9-10H,5-8H2,1-4H3. The van der Waals surface area contributed by atoms with Crippen molar-refractivity contribution in [3.05, 3.63) is 0 Å². The maximum Gasteiger partial charge on any atom is -0.0383 e. The van der Waals surface area contributed by atoms with Gasteiger partial charge in [-0.2, -0.15) is 0 Å². The molecule has 11 heavy (non-hydrogen) atoms. The minimum absolute atomic E-state index is 0.554. The Labute approximate surface area is 71.4 Å². The van der Waals surface area contributed by atoms with Crippen LogP contribution < -0.4 is 0 Å². The lowest BCUT2D eigenvalue weighted by Gasteiger charge is -2.17. The molecular formula is C11H22. The van der Waals surface area contributed by atoms with Gasteiger partial charge in [0.1, 0.15) is 0 Å². The van der Waals surface area contributed by atoms with E-state index < -0.39 is 0 Å². The summed E-state index contributed by atoms with van der Waals surface area (Å²) in [7, 11) is 0. The predicted octanol–water partition coefficient (Wildman–Crippen LogP) is 3.86. The van der Waals surface area contributed by atoms with Gasteiger partial charge in [-0.3, -0.25) is 0 Å². The third-order valence-corrected chi connectivity index (χ3v) is 2.78. The topological polar surface area (TPSA) is 0 Å². The fourth-order valence-electron chi connectivity index (χ4n) is 1.70. The second-order valence-corrected chi connectivity index (χ2v) is 5.43. The molecule has 1 saturated carbocycles. The summed E-state index contributed by atoms with van der Waals surface area (Å²) in [6.07, 6.45) is 5.83. The van der Waals surface area contributed by atoms with Crippen molar-refractivity contribution in [2.75, 3.05) is 0 Å². The van der Waals surface area contributed by atoms with Crippen LogP contribution in [-0.4, -0.2) is 0 Å². The van der Waals surface area contributed by atoms with E-state index in [0.717, 1.165) is 11.8 Å². The fraction of sp³-hybridized carbons (Fsp3) is 1.00. The zero-order valence-electron chi connectivity index (χ0n) is 8.48. The first-order valence-corrected chi connectivity index (χ1v) is 4.99. The van der Waals surface area contributed by atoms with Crippen molar-refractivity contribution in [1.29, 1.82) is 0 Å². The molecule has 0 saturated heterocycles. The number of rotatable bonds is 3. The van der Waals surface area contributed by atoms with E-state index in [0.29, 0.717) is 5.41 Å². The molecular weight excluding hydrogens is 132 g/mol. The van der Waals surface area contributed by atoms with Gasteiger partial charge >= 0.3 is 0 Å². The maximum absolute atomic E-state index is 2.38. The van der Waals surface area contributed by atoms with E-state index >= 15 is 0 Å². The van der Waals surface area contributed by atoms with Gasteiger partial charge in [0.25, 0.3) is 0 Å². The van der Waals surface area contributed by atoms with E-state index in [-0.39, 0.29) is 0 Å². The summed E-state index contributed by atoms with van der Waals surface area (Å²) in [5, 5.41) is 0. The molecule has 0 amide bonds. The Kier molecular flexibility index (Phi) is 2.61. The van der Waals surface area contributed by atoms with E-state index in [1.165, 1.54) is 25.7 Å². The van der Waals surface area contributed by atoms with Crippen molar-refractivity contribution in [1.82, 2.24) is 0 Å². The predicted molar refractivity (Wildman–Crippen MR) is 50.6 cm³/mol. The van der Waals surface area contributed by atoms with Gasteiger partial charge in [0.05, 0.1) is 0 Å². The minimum Gasteiger partial charge on any atom is -0.0622 e. The molecule has 0 heteroatoms. The van der Waals surface area contributed by atoms with E-state index in [1.807, 2.05) is 0 Å². The molecule has 0 heterocycles. The summed E-state index contributed by atoms with van der Waals surface area (Å²) in [6.45, 7) is 9.39. The molecule has 66 valence electrons. The molecule has 0 radical (unpaired) electrons. The first kappa shape index (κ1) is 9.09. The van der Waals surface area contributed by atoms with Crippen LogP contribution in [0.2, 0.25) is 0 Å². The van der Waals surface area contributed by atoms with Gasteiger partial charge in [-0.1, -0.05) is 40.5 Å². The van der Waals surface area contributed by atoms with E-state index in [9.17, 15) is 0 Å². The average molecular weight is 154 g/mol. The summed E-state index contributed by atoms with van der Waals surface area (Å²) in [5.74, 6) is 2.15. The van der Waals surface area contributed by atoms with Crippen molar-refractivity contribution in [2.45, 2.75) is 53.4 Å². The van der Waals surface area contributed by atoms with Gasteiger partial charge in [-0.05, 0) is 30.1 Å². The first-order chi connectivity index (χ1) is 4.99. The van der Waals surface area contributed by atoms with Crippen molar-refractivity contribution in [3.63, 3.8) is 0 Å². The highest BCUT2D eigenvalue weighted by atomic mass is 14.4. The van der Waals surface area contributed by atoms with E-state index in [1.54, 1.807) is 0 Å². The summed E-state index contributed by atoms with van der Waals surface area (Å²) in [4.78, 5) is 0. The second-order valence-electron chi connectivity index (χ2n) is 5.43. The largest absolute Gasteiger partial charge is 0.0622 e. The molecule has 0 aromatic carbocycles. The molecule has 2 unspecified atom stereocenters. The van der Waals surface area contributed by atoms with Crippen LogP contribution in [0.1, 0.15) is 53.4 Å². The normalized spacial score (nSPS) is 30.5. The Morgan fingerprint density at radius 1 is 1.27 bits per heavy atom. The molecule has 0 aromatic rings. The van der Waals surface area contributed by atoms with Crippen LogP contribution in [0.5, 0.6) is 0 Å². The van der Waals surface area contributed by atoms with Gasteiger partial charge in [-0.25, -0.2) is 0 Å². The van der Waals surface area contributed by atoms with Crippen molar-refractivity contribution >= 4 is 0 Å². The van der Waals surface area contributed by atoms with Crippen LogP contribution in [0.25, 0.3) is 0 Å². The lowest BCUT2D eigenvalue weighted by atomic mass is 9.89. The Balaban J connectivity index is 1.97. The van der Waals surface area contributed by atoms with Gasteiger partial charge in [0.2, 0.25) is 0 Å². The maximum atomic E-state index is 2.38. The van der Waals surface area contributed by atoms with Crippen LogP contribution in [-0.2, 0) is 0 Å². The molecule has 0 aromatic heterocycles. The van der Waals surface area contributed by atoms with E-state index in [4.69, 9.17) is 0 Å². The third kappa shape index (κ3) is 3.79. The molecule has 0 nitrogen and oxygen atoms in total. The number of hydrogen-bond acceptors (Lipinski definition) is 0. The van der Waals surface area contributed by atoms with E-state index in [2.05, 4.69) is 27.7 Å². The van der Waals surface area contributed by atoms with Crippen molar-refractivity contribution < 1.29 is 0 Å². The first-order valence-electron chi connectivity index (χ1n) is 4.99. The summed E-state index contributed by atoms with van der Waals surface area (Å²) < 4.78 is 0. The molecule has 0 N–H and O–H groups in total. The van der Waals surface area contributed by atoms with Gasteiger partial charge in [0.15, 0.2) is 0 Å². The molecule has 1 aliphatic carbocycles. The summed E-state index contributed by atoms with van der Waals surface area (Å²) >= 11 is 0. The quantitative estimate of drug-likeness (QED) is 0.579. The fourth-order valence-corrected chi connectivity index (χ4v) is 1.70.